The fourth-order valence-corrected chi connectivity index (χ4v) is 5.59. The number of carbonyl (C=O) groups excluding carboxylic acids is 1. The van der Waals surface area contributed by atoms with E-state index in [4.69, 9.17) is 4.42 Å². The summed E-state index contributed by atoms with van der Waals surface area (Å²) < 4.78 is 32.6. The molecule has 2 amide bonds. The first-order chi connectivity index (χ1) is 13.9. The maximum atomic E-state index is 12.8. The predicted molar refractivity (Wildman–Crippen MR) is 109 cm³/mol. The first-order valence-electron chi connectivity index (χ1n) is 10.1. The zero-order valence-corrected chi connectivity index (χ0v) is 17.4. The highest BCUT2D eigenvalue weighted by molar-refractivity contribution is 7.89. The molecule has 2 heterocycles. The molecular weight excluding hydrogens is 390 g/mol. The van der Waals surface area contributed by atoms with Crippen LogP contribution in [0.25, 0.3) is 0 Å². The number of fused-ring (bicyclic) bond motifs is 1. The van der Waals surface area contributed by atoms with Crippen LogP contribution in [-0.4, -0.2) is 37.9 Å². The molecule has 2 N–H and O–H groups in total. The number of sulfonamides is 1. The first kappa shape index (κ1) is 20.0. The maximum absolute atomic E-state index is 12.8. The molecule has 0 spiro atoms. The third-order valence-corrected chi connectivity index (χ3v) is 7.72. The van der Waals surface area contributed by atoms with Crippen LogP contribution in [0, 0.1) is 6.92 Å². The Kier molecular flexibility index (Phi) is 5.65. The van der Waals surface area contributed by atoms with Crippen molar-refractivity contribution in [3.05, 3.63) is 53.5 Å². The van der Waals surface area contributed by atoms with Crippen LogP contribution in [0.3, 0.4) is 0 Å². The SMILES string of the molecule is Cc1ccc(S(=O)(=O)N2CCC(NC(=O)NC3CCCc4occc43)CC2)cc1. The Balaban J connectivity index is 1.30. The molecule has 2 aromatic rings. The number of hydrogen-bond acceptors (Lipinski definition) is 4. The summed E-state index contributed by atoms with van der Waals surface area (Å²) in [6.07, 6.45) is 5.66. The zero-order valence-electron chi connectivity index (χ0n) is 16.6. The van der Waals surface area contributed by atoms with Crippen molar-refractivity contribution in [1.29, 1.82) is 0 Å². The van der Waals surface area contributed by atoms with Gasteiger partial charge in [-0.05, 0) is 50.8 Å². The molecule has 7 nitrogen and oxygen atoms in total. The van der Waals surface area contributed by atoms with Crippen molar-refractivity contribution in [1.82, 2.24) is 14.9 Å². The van der Waals surface area contributed by atoms with Crippen LogP contribution in [0.4, 0.5) is 4.79 Å². The van der Waals surface area contributed by atoms with E-state index in [2.05, 4.69) is 10.6 Å². The summed E-state index contributed by atoms with van der Waals surface area (Å²) >= 11 is 0. The molecular formula is C21H27N3O4S. The average Bonchev–Trinajstić information content (AvgIpc) is 3.19. The van der Waals surface area contributed by atoms with Gasteiger partial charge in [-0.2, -0.15) is 4.31 Å². The molecule has 1 saturated heterocycles. The Morgan fingerprint density at radius 2 is 1.79 bits per heavy atom. The van der Waals surface area contributed by atoms with E-state index in [0.29, 0.717) is 30.8 Å². The fourth-order valence-electron chi connectivity index (χ4n) is 4.12. The highest BCUT2D eigenvalue weighted by Gasteiger charge is 2.30. The summed E-state index contributed by atoms with van der Waals surface area (Å²) in [5.74, 6) is 0.955. The summed E-state index contributed by atoms with van der Waals surface area (Å²) in [6, 6.07) is 8.57. The van der Waals surface area contributed by atoms with Crippen LogP contribution in [0.5, 0.6) is 0 Å². The van der Waals surface area contributed by atoms with Crippen LogP contribution in [-0.2, 0) is 16.4 Å². The summed E-state index contributed by atoms with van der Waals surface area (Å²) in [4.78, 5) is 12.8. The second-order valence-corrected chi connectivity index (χ2v) is 9.79. The Hall–Kier alpha value is -2.32. The van der Waals surface area contributed by atoms with Crippen molar-refractivity contribution in [2.24, 2.45) is 0 Å². The normalized spacial score (nSPS) is 20.8. The van der Waals surface area contributed by atoms with E-state index in [9.17, 15) is 13.2 Å². The Morgan fingerprint density at radius 1 is 1.07 bits per heavy atom. The number of hydrogen-bond donors (Lipinski definition) is 2. The molecule has 1 unspecified atom stereocenters. The molecule has 0 saturated carbocycles. The maximum Gasteiger partial charge on any atom is 0.315 e. The number of furan rings is 1. The van der Waals surface area contributed by atoms with Gasteiger partial charge in [0.05, 0.1) is 17.2 Å². The van der Waals surface area contributed by atoms with Gasteiger partial charge in [0, 0.05) is 31.1 Å². The van der Waals surface area contributed by atoms with E-state index in [-0.39, 0.29) is 18.1 Å². The molecule has 1 fully saturated rings. The van der Waals surface area contributed by atoms with Gasteiger partial charge in [0.15, 0.2) is 0 Å². The van der Waals surface area contributed by atoms with Crippen LogP contribution < -0.4 is 10.6 Å². The molecule has 8 heteroatoms. The summed E-state index contributed by atoms with van der Waals surface area (Å²) in [7, 11) is -3.49. The second kappa shape index (κ2) is 8.20. The third kappa shape index (κ3) is 4.33. The Bertz CT molecular complexity index is 960. The Morgan fingerprint density at radius 3 is 2.52 bits per heavy atom. The van der Waals surface area contributed by atoms with Gasteiger partial charge in [-0.3, -0.25) is 0 Å². The molecule has 1 aromatic carbocycles. The summed E-state index contributed by atoms with van der Waals surface area (Å²) in [5.41, 5.74) is 2.09. The van der Waals surface area contributed by atoms with Crippen molar-refractivity contribution in [2.45, 2.75) is 56.0 Å². The number of benzene rings is 1. The molecule has 4 rings (SSSR count). The minimum absolute atomic E-state index is 0.0282. The largest absolute Gasteiger partial charge is 0.469 e. The van der Waals surface area contributed by atoms with E-state index < -0.39 is 10.0 Å². The number of rotatable bonds is 4. The second-order valence-electron chi connectivity index (χ2n) is 7.85. The van der Waals surface area contributed by atoms with Crippen molar-refractivity contribution in [2.75, 3.05) is 13.1 Å². The first-order valence-corrected chi connectivity index (χ1v) is 11.6. The molecule has 1 aromatic heterocycles. The van der Waals surface area contributed by atoms with Gasteiger partial charge in [-0.1, -0.05) is 17.7 Å². The molecule has 0 bridgehead atoms. The van der Waals surface area contributed by atoms with E-state index in [1.807, 2.05) is 25.1 Å². The molecule has 29 heavy (non-hydrogen) atoms. The topological polar surface area (TPSA) is 91.7 Å². The highest BCUT2D eigenvalue weighted by atomic mass is 32.2. The van der Waals surface area contributed by atoms with Gasteiger partial charge < -0.3 is 15.1 Å². The van der Waals surface area contributed by atoms with Gasteiger partial charge in [-0.15, -0.1) is 0 Å². The quantitative estimate of drug-likeness (QED) is 0.800. The highest BCUT2D eigenvalue weighted by Crippen LogP contribution is 2.30. The molecule has 2 aliphatic rings. The lowest BCUT2D eigenvalue weighted by Gasteiger charge is -2.32. The summed E-state index contributed by atoms with van der Waals surface area (Å²) in [6.45, 7) is 2.73. The number of nitrogens with one attached hydrogen (secondary N) is 2. The van der Waals surface area contributed by atoms with Crippen molar-refractivity contribution < 1.29 is 17.6 Å². The lowest BCUT2D eigenvalue weighted by Crippen LogP contribution is -2.49. The molecule has 1 aliphatic carbocycles. The number of nitrogens with zero attached hydrogens (tertiary/aromatic N) is 1. The van der Waals surface area contributed by atoms with E-state index >= 15 is 0 Å². The van der Waals surface area contributed by atoms with Gasteiger partial charge in [0.25, 0.3) is 0 Å². The van der Waals surface area contributed by atoms with Gasteiger partial charge >= 0.3 is 6.03 Å². The van der Waals surface area contributed by atoms with Gasteiger partial charge in [0.1, 0.15) is 5.76 Å². The minimum Gasteiger partial charge on any atom is -0.469 e. The lowest BCUT2D eigenvalue weighted by molar-refractivity contribution is 0.222. The van der Waals surface area contributed by atoms with E-state index in [1.54, 1.807) is 18.4 Å². The minimum atomic E-state index is -3.49. The van der Waals surface area contributed by atoms with Crippen LogP contribution in [0.1, 0.15) is 48.6 Å². The monoisotopic (exact) mass is 417 g/mol. The van der Waals surface area contributed by atoms with Crippen LogP contribution in [0.2, 0.25) is 0 Å². The van der Waals surface area contributed by atoms with Crippen molar-refractivity contribution in [3.63, 3.8) is 0 Å². The standard InChI is InChI=1S/C21H27N3O4S/c1-15-5-7-17(8-6-15)29(26,27)24-12-9-16(10-13-24)22-21(25)23-19-3-2-4-20-18(19)11-14-28-20/h5-8,11,14,16,19H,2-4,9-10,12-13H2,1H3,(H2,22,23,25). The van der Waals surface area contributed by atoms with Gasteiger partial charge in [0.2, 0.25) is 10.0 Å². The number of urea groups is 1. The number of piperidine rings is 1. The molecule has 1 atom stereocenters. The van der Waals surface area contributed by atoms with Crippen LogP contribution in [0.15, 0.2) is 45.9 Å². The molecule has 1 aliphatic heterocycles. The zero-order chi connectivity index (χ0) is 20.4. The summed E-state index contributed by atoms with van der Waals surface area (Å²) in [5, 5.41) is 6.05. The van der Waals surface area contributed by atoms with Crippen molar-refractivity contribution in [3.8, 4) is 0 Å². The smallest absolute Gasteiger partial charge is 0.315 e. The number of amides is 2. The fraction of sp³-hybridized carbons (Fsp3) is 0.476. The van der Waals surface area contributed by atoms with Gasteiger partial charge in [-0.25, -0.2) is 13.2 Å². The van der Waals surface area contributed by atoms with E-state index in [0.717, 1.165) is 36.1 Å². The van der Waals surface area contributed by atoms with E-state index in [1.165, 1.54) is 4.31 Å². The number of aryl methyl sites for hydroxylation is 2. The third-order valence-electron chi connectivity index (χ3n) is 5.81. The average molecular weight is 418 g/mol. The Labute approximate surface area is 171 Å². The molecule has 0 radical (unpaired) electrons. The van der Waals surface area contributed by atoms with Crippen molar-refractivity contribution >= 4 is 16.1 Å². The predicted octanol–water partition coefficient (Wildman–Crippen LogP) is 3.12. The molecule has 156 valence electrons. The number of carbonyl (C=O) groups is 1. The lowest BCUT2D eigenvalue weighted by atomic mass is 9.93. The van der Waals surface area contributed by atoms with Crippen LogP contribution >= 0.6 is 0 Å².